The molecule has 0 aliphatic carbocycles. The second kappa shape index (κ2) is 8.07. The second-order valence-corrected chi connectivity index (χ2v) is 7.55. The Morgan fingerprint density at radius 3 is 2.55 bits per heavy atom. The fraction of sp³-hybridized carbons (Fsp3) is 0.318. The summed E-state index contributed by atoms with van der Waals surface area (Å²) in [7, 11) is 0. The normalized spacial score (nSPS) is 19.1. The maximum atomic E-state index is 13.5. The Morgan fingerprint density at radius 1 is 1.23 bits per heavy atom. The summed E-state index contributed by atoms with van der Waals surface area (Å²) >= 11 is 0. The highest BCUT2D eigenvalue weighted by Crippen LogP contribution is 2.30. The minimum atomic E-state index is -3.04. The van der Waals surface area contributed by atoms with Crippen molar-refractivity contribution >= 4 is 28.9 Å². The fourth-order valence-electron chi connectivity index (χ4n) is 3.28. The smallest absolute Gasteiger partial charge is 0.270 e. The SMILES string of the molecule is CC1=NN(c2ccc(OC3COC3)cc2)C(=O)C1C(=O)Nc1cccc(C(C)(F)F)c1. The highest BCUT2D eigenvalue weighted by Gasteiger charge is 2.40. The van der Waals surface area contributed by atoms with Crippen LogP contribution in [0.15, 0.2) is 53.6 Å². The molecular weight excluding hydrogens is 408 g/mol. The van der Waals surface area contributed by atoms with Crippen molar-refractivity contribution in [3.63, 3.8) is 0 Å². The van der Waals surface area contributed by atoms with Crippen LogP contribution in [-0.4, -0.2) is 36.8 Å². The molecule has 2 aromatic rings. The number of nitrogens with zero attached hydrogens (tertiary/aromatic N) is 2. The number of nitrogens with one attached hydrogen (secondary N) is 1. The standard InChI is InChI=1S/C22H21F2N3O4/c1-13-19(20(28)25-15-5-3-4-14(10-15)22(2,23)24)21(29)27(26-13)16-6-8-17(9-7-16)31-18-11-30-12-18/h3-10,18-19H,11-12H2,1-2H3,(H,25,28). The summed E-state index contributed by atoms with van der Waals surface area (Å²) in [6.07, 6.45) is 0.0266. The number of carbonyl (C=O) groups is 2. The number of alkyl halides is 2. The zero-order chi connectivity index (χ0) is 22.2. The summed E-state index contributed by atoms with van der Waals surface area (Å²) in [5.74, 6) is -4.69. The van der Waals surface area contributed by atoms with E-state index in [1.54, 1.807) is 31.2 Å². The third kappa shape index (κ3) is 4.41. The number of hydrazone groups is 1. The number of hydrogen-bond donors (Lipinski definition) is 1. The predicted octanol–water partition coefficient (Wildman–Crippen LogP) is 3.55. The molecule has 4 rings (SSSR count). The van der Waals surface area contributed by atoms with Gasteiger partial charge in [0.15, 0.2) is 5.92 Å². The van der Waals surface area contributed by atoms with Crippen LogP contribution >= 0.6 is 0 Å². The highest BCUT2D eigenvalue weighted by molar-refractivity contribution is 6.28. The van der Waals surface area contributed by atoms with Gasteiger partial charge < -0.3 is 14.8 Å². The first-order chi connectivity index (χ1) is 14.7. The summed E-state index contributed by atoms with van der Waals surface area (Å²) < 4.78 is 37.9. The van der Waals surface area contributed by atoms with Crippen molar-refractivity contribution in [3.8, 4) is 5.75 Å². The van der Waals surface area contributed by atoms with E-state index in [0.29, 0.717) is 30.4 Å². The van der Waals surface area contributed by atoms with E-state index >= 15 is 0 Å². The molecule has 1 unspecified atom stereocenters. The lowest BCUT2D eigenvalue weighted by Crippen LogP contribution is -2.38. The summed E-state index contributed by atoms with van der Waals surface area (Å²) in [4.78, 5) is 25.6. The molecule has 7 nitrogen and oxygen atoms in total. The summed E-state index contributed by atoms with van der Waals surface area (Å²) in [5, 5.41) is 7.92. The lowest BCUT2D eigenvalue weighted by Gasteiger charge is -2.26. The van der Waals surface area contributed by atoms with Crippen molar-refractivity contribution in [2.24, 2.45) is 11.0 Å². The van der Waals surface area contributed by atoms with E-state index < -0.39 is 23.7 Å². The van der Waals surface area contributed by atoms with Gasteiger partial charge in [-0.05, 0) is 43.3 Å². The number of hydrogen-bond acceptors (Lipinski definition) is 5. The molecule has 0 aromatic heterocycles. The molecule has 1 atom stereocenters. The number of halogens is 2. The summed E-state index contributed by atoms with van der Waals surface area (Å²) in [6.45, 7) is 3.45. The van der Waals surface area contributed by atoms with Crippen LogP contribution in [0.25, 0.3) is 0 Å². The quantitative estimate of drug-likeness (QED) is 0.713. The number of benzene rings is 2. The lowest BCUT2D eigenvalue weighted by molar-refractivity contribution is -0.127. The molecule has 31 heavy (non-hydrogen) atoms. The van der Waals surface area contributed by atoms with Gasteiger partial charge in [0.25, 0.3) is 11.8 Å². The first-order valence-electron chi connectivity index (χ1n) is 9.75. The Hall–Kier alpha value is -3.33. The van der Waals surface area contributed by atoms with Crippen molar-refractivity contribution in [3.05, 3.63) is 54.1 Å². The molecule has 1 fully saturated rings. The average molecular weight is 429 g/mol. The van der Waals surface area contributed by atoms with Gasteiger partial charge >= 0.3 is 0 Å². The first kappa shape index (κ1) is 20.9. The van der Waals surface area contributed by atoms with E-state index in [9.17, 15) is 18.4 Å². The monoisotopic (exact) mass is 429 g/mol. The van der Waals surface area contributed by atoms with Crippen LogP contribution in [0, 0.1) is 5.92 Å². The Balaban J connectivity index is 1.45. The minimum Gasteiger partial charge on any atom is -0.486 e. The first-order valence-corrected chi connectivity index (χ1v) is 9.75. The maximum Gasteiger partial charge on any atom is 0.270 e. The molecule has 0 saturated carbocycles. The van der Waals surface area contributed by atoms with Crippen LogP contribution in [-0.2, 0) is 20.2 Å². The van der Waals surface area contributed by atoms with Gasteiger partial charge in [-0.15, -0.1) is 0 Å². The van der Waals surface area contributed by atoms with Crippen molar-refractivity contribution in [2.45, 2.75) is 25.9 Å². The van der Waals surface area contributed by atoms with Gasteiger partial charge in [0.1, 0.15) is 11.9 Å². The molecule has 2 heterocycles. The number of rotatable bonds is 6. The van der Waals surface area contributed by atoms with Crippen molar-refractivity contribution < 1.29 is 27.8 Å². The third-order valence-electron chi connectivity index (χ3n) is 5.02. The van der Waals surface area contributed by atoms with Crippen molar-refractivity contribution in [2.75, 3.05) is 23.5 Å². The zero-order valence-corrected chi connectivity index (χ0v) is 17.0. The molecule has 9 heteroatoms. The average Bonchev–Trinajstić information content (AvgIpc) is 2.99. The minimum absolute atomic E-state index is 0.0266. The topological polar surface area (TPSA) is 80.2 Å². The highest BCUT2D eigenvalue weighted by atomic mass is 19.3. The maximum absolute atomic E-state index is 13.5. The molecule has 1 N–H and O–H groups in total. The molecule has 2 aliphatic heterocycles. The molecule has 1 saturated heterocycles. The molecular formula is C22H21F2N3O4. The molecule has 0 spiro atoms. The van der Waals surface area contributed by atoms with Gasteiger partial charge in [-0.1, -0.05) is 12.1 Å². The Morgan fingerprint density at radius 2 is 1.94 bits per heavy atom. The summed E-state index contributed by atoms with van der Waals surface area (Å²) in [5.41, 5.74) is 0.756. The molecule has 162 valence electrons. The lowest BCUT2D eigenvalue weighted by atomic mass is 10.0. The van der Waals surface area contributed by atoms with Gasteiger partial charge in [-0.2, -0.15) is 10.1 Å². The molecule has 2 aromatic carbocycles. The number of anilines is 2. The Kier molecular flexibility index (Phi) is 5.45. The summed E-state index contributed by atoms with van der Waals surface area (Å²) in [6, 6.07) is 12.2. The van der Waals surface area contributed by atoms with Gasteiger partial charge in [0.2, 0.25) is 5.91 Å². The van der Waals surface area contributed by atoms with Crippen LogP contribution in [0.1, 0.15) is 19.4 Å². The number of carbonyl (C=O) groups excluding carboxylic acids is 2. The zero-order valence-electron chi connectivity index (χ0n) is 17.0. The van der Waals surface area contributed by atoms with E-state index in [1.807, 2.05) is 0 Å². The van der Waals surface area contributed by atoms with E-state index in [-0.39, 0.29) is 17.4 Å². The second-order valence-electron chi connectivity index (χ2n) is 7.55. The van der Waals surface area contributed by atoms with Gasteiger partial charge in [-0.3, -0.25) is 9.59 Å². The van der Waals surface area contributed by atoms with E-state index in [1.165, 1.54) is 24.3 Å². The van der Waals surface area contributed by atoms with Crippen LogP contribution in [0.2, 0.25) is 0 Å². The van der Waals surface area contributed by atoms with E-state index in [2.05, 4.69) is 10.4 Å². The van der Waals surface area contributed by atoms with Crippen LogP contribution in [0.5, 0.6) is 5.75 Å². The van der Waals surface area contributed by atoms with Gasteiger partial charge in [0, 0.05) is 18.2 Å². The van der Waals surface area contributed by atoms with Gasteiger partial charge in [-0.25, -0.2) is 8.78 Å². The van der Waals surface area contributed by atoms with Crippen LogP contribution in [0.4, 0.5) is 20.2 Å². The Labute approximate surface area is 177 Å². The van der Waals surface area contributed by atoms with Crippen molar-refractivity contribution in [1.82, 2.24) is 0 Å². The number of ether oxygens (including phenoxy) is 2. The van der Waals surface area contributed by atoms with E-state index in [4.69, 9.17) is 9.47 Å². The van der Waals surface area contributed by atoms with Crippen LogP contribution < -0.4 is 15.1 Å². The van der Waals surface area contributed by atoms with Crippen molar-refractivity contribution in [1.29, 1.82) is 0 Å². The van der Waals surface area contributed by atoms with E-state index in [0.717, 1.165) is 11.9 Å². The molecule has 2 amide bonds. The predicted molar refractivity (Wildman–Crippen MR) is 110 cm³/mol. The molecule has 0 radical (unpaired) electrons. The Bertz CT molecular complexity index is 1030. The van der Waals surface area contributed by atoms with Gasteiger partial charge in [0.05, 0.1) is 24.6 Å². The number of amides is 2. The van der Waals surface area contributed by atoms with Crippen LogP contribution in [0.3, 0.4) is 0 Å². The third-order valence-corrected chi connectivity index (χ3v) is 5.02. The molecule has 2 aliphatic rings. The fourth-order valence-corrected chi connectivity index (χ4v) is 3.28. The largest absolute Gasteiger partial charge is 0.486 e. The molecule has 0 bridgehead atoms.